The zero-order valence-corrected chi connectivity index (χ0v) is 15.3. The molecule has 1 aliphatic rings. The van der Waals surface area contributed by atoms with Crippen molar-refractivity contribution in [2.24, 2.45) is 0 Å². The molecule has 0 saturated carbocycles. The predicted octanol–water partition coefficient (Wildman–Crippen LogP) is 3.73. The van der Waals surface area contributed by atoms with Gasteiger partial charge in [-0.15, -0.1) is 11.3 Å². The van der Waals surface area contributed by atoms with E-state index in [2.05, 4.69) is 0 Å². The molecule has 1 amide bonds. The number of fused-ring (bicyclic) bond motifs is 1. The monoisotopic (exact) mass is 368 g/mol. The number of ether oxygens (including phenoxy) is 1. The van der Waals surface area contributed by atoms with Crippen molar-refractivity contribution in [2.45, 2.75) is 32.1 Å². The molecule has 6 heteroatoms. The molecular weight excluding hydrogens is 348 g/mol. The maximum atomic E-state index is 12.4. The zero-order valence-electron chi connectivity index (χ0n) is 14.4. The highest BCUT2D eigenvalue weighted by atomic mass is 32.1. The number of esters is 1. The van der Waals surface area contributed by atoms with Crippen LogP contribution in [-0.2, 0) is 22.4 Å². The van der Waals surface area contributed by atoms with E-state index in [9.17, 15) is 9.59 Å². The Balaban J connectivity index is 1.63. The molecule has 0 fully saturated rings. The van der Waals surface area contributed by atoms with Gasteiger partial charge in [0, 0.05) is 10.6 Å². The Hall–Kier alpha value is -2.65. The van der Waals surface area contributed by atoms with Gasteiger partial charge in [-0.05, 0) is 49.4 Å². The molecule has 134 valence electrons. The lowest BCUT2D eigenvalue weighted by Crippen LogP contribution is -2.35. The molecule has 0 saturated heterocycles. The minimum Gasteiger partial charge on any atom is -0.451 e. The molecule has 0 unspecified atom stereocenters. The van der Waals surface area contributed by atoms with Crippen molar-refractivity contribution >= 4 is 28.9 Å². The minimum atomic E-state index is -0.471. The number of rotatable bonds is 5. The van der Waals surface area contributed by atoms with Crippen molar-refractivity contribution in [3.8, 4) is 6.07 Å². The molecule has 26 heavy (non-hydrogen) atoms. The number of carbonyl (C=O) groups excluding carboxylic acids is 2. The topological polar surface area (TPSA) is 70.4 Å². The van der Waals surface area contributed by atoms with Gasteiger partial charge in [0.05, 0.1) is 6.07 Å². The highest BCUT2D eigenvalue weighted by Gasteiger charge is 2.21. The summed E-state index contributed by atoms with van der Waals surface area (Å²) < 4.78 is 5.22. The molecule has 0 aliphatic heterocycles. The van der Waals surface area contributed by atoms with E-state index in [1.807, 2.05) is 18.2 Å². The SMILES string of the molecule is N#CCN(C(=O)COC(=O)c1cc2c(s1)CCCCC2)c1ccccc1. The molecule has 3 rings (SSSR count). The van der Waals surface area contributed by atoms with Crippen molar-refractivity contribution in [1.82, 2.24) is 0 Å². The number of aryl methyl sites for hydroxylation is 2. The first kappa shape index (κ1) is 18.2. The third kappa shape index (κ3) is 4.30. The van der Waals surface area contributed by atoms with Crippen LogP contribution in [0.5, 0.6) is 0 Å². The van der Waals surface area contributed by atoms with Crippen molar-refractivity contribution in [2.75, 3.05) is 18.1 Å². The molecule has 1 heterocycles. The summed E-state index contributed by atoms with van der Waals surface area (Å²) in [6.45, 7) is -0.467. The molecule has 0 bridgehead atoms. The molecule has 0 N–H and O–H groups in total. The summed E-state index contributed by atoms with van der Waals surface area (Å²) in [5, 5.41) is 8.97. The second-order valence-corrected chi connectivity index (χ2v) is 7.31. The van der Waals surface area contributed by atoms with E-state index in [-0.39, 0.29) is 13.2 Å². The molecule has 1 aliphatic carbocycles. The summed E-state index contributed by atoms with van der Waals surface area (Å²) in [6.07, 6.45) is 5.54. The zero-order chi connectivity index (χ0) is 18.4. The number of hydrogen-bond acceptors (Lipinski definition) is 5. The summed E-state index contributed by atoms with van der Waals surface area (Å²) in [4.78, 5) is 27.9. The lowest BCUT2D eigenvalue weighted by molar-refractivity contribution is -0.121. The van der Waals surface area contributed by atoms with Crippen LogP contribution in [0.15, 0.2) is 36.4 Å². The molecule has 5 nitrogen and oxygen atoms in total. The minimum absolute atomic E-state index is 0.0896. The Morgan fingerprint density at radius 3 is 2.69 bits per heavy atom. The van der Waals surface area contributed by atoms with Gasteiger partial charge in [0.25, 0.3) is 5.91 Å². The standard InChI is InChI=1S/C20H20N2O3S/c21-11-12-22(16-8-4-2-5-9-16)19(23)14-25-20(24)18-13-15-7-3-1-6-10-17(15)26-18/h2,4-5,8-9,13H,1,3,6-7,10,12,14H2. The number of carbonyl (C=O) groups is 2. The van der Waals surface area contributed by atoms with Gasteiger partial charge < -0.3 is 4.74 Å². The molecule has 0 spiro atoms. The summed E-state index contributed by atoms with van der Waals surface area (Å²) in [5.74, 6) is -0.884. The second-order valence-electron chi connectivity index (χ2n) is 6.17. The number of amides is 1. The highest BCUT2D eigenvalue weighted by molar-refractivity contribution is 7.14. The van der Waals surface area contributed by atoms with E-state index in [4.69, 9.17) is 10.00 Å². The van der Waals surface area contributed by atoms with Gasteiger partial charge in [0.1, 0.15) is 11.4 Å². The van der Waals surface area contributed by atoms with E-state index in [1.165, 1.54) is 33.1 Å². The Morgan fingerprint density at radius 1 is 1.15 bits per heavy atom. The molecule has 2 aromatic rings. The Kier molecular flexibility index (Phi) is 6.03. The Morgan fingerprint density at radius 2 is 1.92 bits per heavy atom. The van der Waals surface area contributed by atoms with Crippen LogP contribution in [0.1, 0.15) is 39.4 Å². The van der Waals surface area contributed by atoms with Crippen molar-refractivity contribution < 1.29 is 14.3 Å². The molecule has 0 atom stereocenters. The van der Waals surface area contributed by atoms with Gasteiger partial charge in [-0.25, -0.2) is 4.79 Å². The summed E-state index contributed by atoms with van der Waals surface area (Å²) in [5.41, 5.74) is 1.85. The maximum absolute atomic E-state index is 12.4. The summed E-state index contributed by atoms with van der Waals surface area (Å²) in [7, 11) is 0. The number of hydrogen-bond donors (Lipinski definition) is 0. The summed E-state index contributed by atoms with van der Waals surface area (Å²) in [6, 6.07) is 12.8. The third-order valence-electron chi connectivity index (χ3n) is 4.37. The number of thiophene rings is 1. The van der Waals surface area contributed by atoms with Crippen LogP contribution in [0.3, 0.4) is 0 Å². The molecule has 0 radical (unpaired) electrons. The maximum Gasteiger partial charge on any atom is 0.348 e. The summed E-state index contributed by atoms with van der Waals surface area (Å²) >= 11 is 1.47. The van der Waals surface area contributed by atoms with Crippen molar-refractivity contribution in [3.05, 3.63) is 51.7 Å². The molecule has 1 aromatic carbocycles. The van der Waals surface area contributed by atoms with Crippen LogP contribution in [0.25, 0.3) is 0 Å². The average Bonchev–Trinajstić information content (AvgIpc) is 2.95. The van der Waals surface area contributed by atoms with E-state index < -0.39 is 11.9 Å². The average molecular weight is 368 g/mol. The fourth-order valence-electron chi connectivity index (χ4n) is 3.05. The first-order chi connectivity index (χ1) is 12.7. The Labute approximate surface area is 156 Å². The van der Waals surface area contributed by atoms with Crippen molar-refractivity contribution in [3.63, 3.8) is 0 Å². The normalized spacial score (nSPS) is 13.2. The van der Waals surface area contributed by atoms with Gasteiger partial charge in [-0.1, -0.05) is 24.6 Å². The van der Waals surface area contributed by atoms with E-state index in [0.717, 1.165) is 25.7 Å². The van der Waals surface area contributed by atoms with Crippen LogP contribution in [-0.4, -0.2) is 25.0 Å². The van der Waals surface area contributed by atoms with E-state index in [1.54, 1.807) is 24.3 Å². The highest BCUT2D eigenvalue weighted by Crippen LogP contribution is 2.29. The third-order valence-corrected chi connectivity index (χ3v) is 5.59. The second kappa shape index (κ2) is 8.63. The quantitative estimate of drug-likeness (QED) is 0.458. The van der Waals surface area contributed by atoms with Gasteiger partial charge in [-0.3, -0.25) is 9.69 Å². The van der Waals surface area contributed by atoms with Crippen LogP contribution < -0.4 is 4.90 Å². The smallest absolute Gasteiger partial charge is 0.348 e. The first-order valence-electron chi connectivity index (χ1n) is 8.70. The number of nitriles is 1. The van der Waals surface area contributed by atoms with E-state index >= 15 is 0 Å². The lowest BCUT2D eigenvalue weighted by Gasteiger charge is -2.19. The van der Waals surface area contributed by atoms with Gasteiger partial charge >= 0.3 is 5.97 Å². The molecular formula is C20H20N2O3S. The number of nitrogens with zero attached hydrogens (tertiary/aromatic N) is 2. The Bertz CT molecular complexity index is 800. The predicted molar refractivity (Wildman–Crippen MR) is 100 cm³/mol. The van der Waals surface area contributed by atoms with Crippen LogP contribution in [0.2, 0.25) is 0 Å². The van der Waals surface area contributed by atoms with Crippen molar-refractivity contribution in [1.29, 1.82) is 5.26 Å². The van der Waals surface area contributed by atoms with Crippen LogP contribution >= 0.6 is 11.3 Å². The lowest BCUT2D eigenvalue weighted by atomic mass is 10.1. The fourth-order valence-corrected chi connectivity index (χ4v) is 4.19. The van der Waals surface area contributed by atoms with Crippen LogP contribution in [0.4, 0.5) is 5.69 Å². The van der Waals surface area contributed by atoms with E-state index in [0.29, 0.717) is 10.6 Å². The number of benzene rings is 1. The largest absolute Gasteiger partial charge is 0.451 e. The van der Waals surface area contributed by atoms with Crippen LogP contribution in [0, 0.1) is 11.3 Å². The molecule has 1 aromatic heterocycles. The van der Waals surface area contributed by atoms with Gasteiger partial charge in [-0.2, -0.15) is 5.26 Å². The first-order valence-corrected chi connectivity index (χ1v) is 9.52. The van der Waals surface area contributed by atoms with Gasteiger partial charge in [0.2, 0.25) is 0 Å². The number of anilines is 1. The van der Waals surface area contributed by atoms with Gasteiger partial charge in [0.15, 0.2) is 6.61 Å². The fraction of sp³-hybridized carbons (Fsp3) is 0.350. The number of para-hydroxylation sites is 1.